The molecule has 6 rings (SSSR count). The quantitative estimate of drug-likeness (QED) is 0.573. The van der Waals surface area contributed by atoms with Gasteiger partial charge in [-0.05, 0) is 35.2 Å². The summed E-state index contributed by atoms with van der Waals surface area (Å²) in [6, 6.07) is 19.7. The Labute approximate surface area is 210 Å². The van der Waals surface area contributed by atoms with Gasteiger partial charge in [0.1, 0.15) is 6.61 Å². The predicted octanol–water partition coefficient (Wildman–Crippen LogP) is 4.48. The second-order valence-electron chi connectivity index (χ2n) is 9.81. The van der Waals surface area contributed by atoms with E-state index in [9.17, 15) is 9.90 Å². The summed E-state index contributed by atoms with van der Waals surface area (Å²) in [4.78, 5) is 19.5. The molecule has 7 heteroatoms. The Balaban J connectivity index is 1.18. The molecule has 186 valence electrons. The van der Waals surface area contributed by atoms with Crippen molar-refractivity contribution in [1.29, 1.82) is 0 Å². The van der Waals surface area contributed by atoms with Gasteiger partial charge in [0.2, 0.25) is 5.88 Å². The van der Waals surface area contributed by atoms with Crippen molar-refractivity contribution < 1.29 is 24.1 Å². The fourth-order valence-corrected chi connectivity index (χ4v) is 6.07. The molecule has 1 amide bonds. The number of rotatable bonds is 5. The van der Waals surface area contributed by atoms with Crippen LogP contribution in [0.3, 0.4) is 0 Å². The minimum atomic E-state index is -1.09. The normalized spacial score (nSPS) is 24.7. The molecule has 1 N–H and O–H groups in total. The van der Waals surface area contributed by atoms with Gasteiger partial charge >= 0.3 is 6.09 Å². The van der Waals surface area contributed by atoms with Crippen LogP contribution in [0.4, 0.5) is 4.79 Å². The summed E-state index contributed by atoms with van der Waals surface area (Å²) in [6.07, 6.45) is 2.05. The molecule has 2 atom stereocenters. The highest BCUT2D eigenvalue weighted by Crippen LogP contribution is 2.45. The molecule has 2 aliphatic heterocycles. The van der Waals surface area contributed by atoms with Crippen LogP contribution in [0.5, 0.6) is 5.88 Å². The van der Waals surface area contributed by atoms with E-state index in [-0.39, 0.29) is 30.7 Å². The van der Waals surface area contributed by atoms with Crippen LogP contribution in [-0.2, 0) is 15.1 Å². The first-order valence-corrected chi connectivity index (χ1v) is 12.6. The molecule has 3 aromatic rings. The first kappa shape index (κ1) is 23.0. The summed E-state index contributed by atoms with van der Waals surface area (Å²) < 4.78 is 17.2. The molecule has 2 saturated heterocycles. The van der Waals surface area contributed by atoms with Gasteiger partial charge in [0.15, 0.2) is 0 Å². The second kappa shape index (κ2) is 9.22. The summed E-state index contributed by atoms with van der Waals surface area (Å²) in [5.41, 5.74) is 4.42. The Bertz CT molecular complexity index is 1200. The third kappa shape index (κ3) is 3.92. The zero-order valence-electron chi connectivity index (χ0n) is 20.3. The van der Waals surface area contributed by atoms with Gasteiger partial charge < -0.3 is 19.3 Å². The molecule has 36 heavy (non-hydrogen) atoms. The number of hydrogen-bond donors (Lipinski definition) is 1. The van der Waals surface area contributed by atoms with Gasteiger partial charge in [-0.25, -0.2) is 9.78 Å². The lowest BCUT2D eigenvalue weighted by Gasteiger charge is -2.50. The van der Waals surface area contributed by atoms with Gasteiger partial charge in [-0.3, -0.25) is 4.90 Å². The van der Waals surface area contributed by atoms with Gasteiger partial charge in [0.05, 0.1) is 37.5 Å². The molecule has 3 aliphatic rings. The van der Waals surface area contributed by atoms with Crippen molar-refractivity contribution in [3.63, 3.8) is 0 Å². The number of aromatic nitrogens is 1. The number of benzene rings is 2. The maximum Gasteiger partial charge on any atom is 0.410 e. The zero-order valence-corrected chi connectivity index (χ0v) is 20.3. The van der Waals surface area contributed by atoms with Crippen LogP contribution in [-0.4, -0.2) is 59.6 Å². The van der Waals surface area contributed by atoms with E-state index < -0.39 is 5.60 Å². The van der Waals surface area contributed by atoms with Crippen LogP contribution >= 0.6 is 0 Å². The number of fused-ring (bicyclic) bond motifs is 5. The summed E-state index contributed by atoms with van der Waals surface area (Å²) >= 11 is 0. The lowest BCUT2D eigenvalue weighted by atomic mass is 9.77. The molecule has 1 aromatic heterocycles. The van der Waals surface area contributed by atoms with E-state index in [2.05, 4.69) is 29.2 Å². The Hall–Kier alpha value is -3.42. The number of pyridine rings is 1. The van der Waals surface area contributed by atoms with Gasteiger partial charge in [-0.2, -0.15) is 0 Å². The monoisotopic (exact) mass is 486 g/mol. The van der Waals surface area contributed by atoms with E-state index in [1.165, 1.54) is 22.3 Å². The Morgan fingerprint density at radius 1 is 1.03 bits per heavy atom. The Morgan fingerprint density at radius 3 is 2.25 bits per heavy atom. The van der Waals surface area contributed by atoms with Gasteiger partial charge in [-0.15, -0.1) is 0 Å². The molecule has 2 aromatic carbocycles. The molecule has 0 saturated carbocycles. The number of carbonyl (C=O) groups excluding carboxylic acids is 1. The lowest BCUT2D eigenvalue weighted by Crippen LogP contribution is -2.62. The molecule has 0 radical (unpaired) electrons. The highest BCUT2D eigenvalue weighted by molar-refractivity contribution is 5.79. The molecular formula is C29H30N2O5. The van der Waals surface area contributed by atoms with Crippen LogP contribution in [0.1, 0.15) is 42.4 Å². The molecule has 2 bridgehead atoms. The van der Waals surface area contributed by atoms with E-state index in [0.717, 1.165) is 5.56 Å². The lowest BCUT2D eigenvalue weighted by molar-refractivity contribution is -0.136. The van der Waals surface area contributed by atoms with E-state index >= 15 is 0 Å². The summed E-state index contributed by atoms with van der Waals surface area (Å²) in [5, 5.41) is 11.6. The third-order valence-corrected chi connectivity index (χ3v) is 7.67. The van der Waals surface area contributed by atoms with Crippen LogP contribution in [0, 0.1) is 0 Å². The SMILES string of the molecule is CCOc1ccc(C2(O)CC3COCC(C2)N3C(=O)OCC2c3ccccc3-c3ccccc32)cn1. The number of aliphatic hydroxyl groups is 1. The minimum Gasteiger partial charge on any atom is -0.478 e. The van der Waals surface area contributed by atoms with Crippen LogP contribution in [0.2, 0.25) is 0 Å². The van der Waals surface area contributed by atoms with E-state index in [1.54, 1.807) is 17.2 Å². The molecule has 2 unspecified atom stereocenters. The number of ether oxygens (including phenoxy) is 3. The van der Waals surface area contributed by atoms with E-state index in [0.29, 0.717) is 38.5 Å². The maximum absolute atomic E-state index is 13.4. The highest BCUT2D eigenvalue weighted by Gasteiger charge is 2.49. The molecule has 2 fully saturated rings. The van der Waals surface area contributed by atoms with E-state index in [1.807, 2.05) is 37.3 Å². The highest BCUT2D eigenvalue weighted by atomic mass is 16.6. The fraction of sp³-hybridized carbons (Fsp3) is 0.379. The fourth-order valence-electron chi connectivity index (χ4n) is 6.07. The summed E-state index contributed by atoms with van der Waals surface area (Å²) in [6.45, 7) is 3.45. The Morgan fingerprint density at radius 2 is 1.67 bits per heavy atom. The second-order valence-corrected chi connectivity index (χ2v) is 9.81. The van der Waals surface area contributed by atoms with Crippen LogP contribution in [0.25, 0.3) is 11.1 Å². The van der Waals surface area contributed by atoms with Crippen molar-refractivity contribution in [1.82, 2.24) is 9.88 Å². The average molecular weight is 487 g/mol. The van der Waals surface area contributed by atoms with Crippen LogP contribution < -0.4 is 4.74 Å². The maximum atomic E-state index is 13.4. The molecular weight excluding hydrogens is 456 g/mol. The van der Waals surface area contributed by atoms with Crippen molar-refractivity contribution in [3.8, 4) is 17.0 Å². The summed E-state index contributed by atoms with van der Waals surface area (Å²) in [5.74, 6) is 0.540. The van der Waals surface area contributed by atoms with Crippen molar-refractivity contribution in [3.05, 3.63) is 83.6 Å². The topological polar surface area (TPSA) is 81.1 Å². The first-order chi connectivity index (χ1) is 17.6. The van der Waals surface area contributed by atoms with Crippen molar-refractivity contribution in [2.75, 3.05) is 26.4 Å². The Kier molecular flexibility index (Phi) is 5.90. The first-order valence-electron chi connectivity index (χ1n) is 12.6. The van der Waals surface area contributed by atoms with Crippen molar-refractivity contribution >= 4 is 6.09 Å². The average Bonchev–Trinajstić information content (AvgIpc) is 3.21. The van der Waals surface area contributed by atoms with Gasteiger partial charge in [0.25, 0.3) is 0 Å². The summed E-state index contributed by atoms with van der Waals surface area (Å²) in [7, 11) is 0. The number of carbonyl (C=O) groups is 1. The number of nitrogens with zero attached hydrogens (tertiary/aromatic N) is 2. The smallest absolute Gasteiger partial charge is 0.410 e. The number of morpholine rings is 1. The van der Waals surface area contributed by atoms with Gasteiger partial charge in [-0.1, -0.05) is 48.5 Å². The van der Waals surface area contributed by atoms with Crippen molar-refractivity contribution in [2.45, 2.75) is 43.4 Å². The zero-order chi connectivity index (χ0) is 24.7. The molecule has 7 nitrogen and oxygen atoms in total. The van der Waals surface area contributed by atoms with Crippen molar-refractivity contribution in [2.24, 2.45) is 0 Å². The van der Waals surface area contributed by atoms with Gasteiger partial charge in [0, 0.05) is 36.6 Å². The number of amides is 1. The van der Waals surface area contributed by atoms with E-state index in [4.69, 9.17) is 14.2 Å². The van der Waals surface area contributed by atoms with Crippen LogP contribution in [0.15, 0.2) is 66.9 Å². The number of hydrogen-bond acceptors (Lipinski definition) is 6. The molecule has 3 heterocycles. The number of piperidine rings is 1. The molecule has 1 aliphatic carbocycles. The molecule has 0 spiro atoms. The largest absolute Gasteiger partial charge is 0.478 e. The standard InChI is InChI=1S/C29H30N2O5/c1-2-35-27-12-11-19(15-30-27)29(33)13-20-16-34-17-21(14-29)31(20)28(32)36-18-26-24-9-5-3-7-22(24)23-8-4-6-10-25(23)26/h3-12,15,20-21,26,33H,2,13-14,16-18H2,1H3. The predicted molar refractivity (Wildman–Crippen MR) is 134 cm³/mol. The third-order valence-electron chi connectivity index (χ3n) is 7.67. The minimum absolute atomic E-state index is 0.00842.